The Bertz CT molecular complexity index is 1520. The van der Waals surface area contributed by atoms with Gasteiger partial charge in [0, 0.05) is 35.9 Å². The summed E-state index contributed by atoms with van der Waals surface area (Å²) < 4.78 is 1.91. The number of piperidine rings is 1. The van der Waals surface area contributed by atoms with Gasteiger partial charge in [-0.25, -0.2) is 4.98 Å². The SMILES string of the molecule is Bc1cnn2c(NCC3CCN(Cc4ccc5ccccc5c4)CC3)cc(-c3ccccc3Cl)nc12. The predicted molar refractivity (Wildman–Crippen MR) is 152 cm³/mol. The van der Waals surface area contributed by atoms with Gasteiger partial charge in [0.2, 0.25) is 0 Å². The maximum Gasteiger partial charge on any atom is 0.151 e. The highest BCUT2D eigenvalue weighted by Gasteiger charge is 2.20. The minimum Gasteiger partial charge on any atom is -0.370 e. The summed E-state index contributed by atoms with van der Waals surface area (Å²) in [5, 5.41) is 11.6. The fraction of sp³-hybridized carbons (Fsp3) is 0.241. The molecule has 180 valence electrons. The van der Waals surface area contributed by atoms with Crippen LogP contribution in [0.15, 0.2) is 79.0 Å². The summed E-state index contributed by atoms with van der Waals surface area (Å²) in [6.07, 6.45) is 4.24. The lowest BCUT2D eigenvalue weighted by Gasteiger charge is -2.32. The number of nitrogens with one attached hydrogen (secondary N) is 1. The van der Waals surface area contributed by atoms with Gasteiger partial charge in [-0.05, 0) is 65.8 Å². The van der Waals surface area contributed by atoms with E-state index in [4.69, 9.17) is 16.6 Å². The minimum absolute atomic E-state index is 0.626. The molecule has 1 aliphatic rings. The number of anilines is 1. The van der Waals surface area contributed by atoms with E-state index >= 15 is 0 Å². The standard InChI is InChI=1S/C29H29BClN5/c30-25-18-33-36-28(16-27(34-29(25)36)24-7-3-4-8-26(24)31)32-17-20-11-13-35(14-12-20)19-21-9-10-22-5-1-2-6-23(22)15-21/h1-10,15-16,18,20,32H,11-14,17,19,30H2. The zero-order chi connectivity index (χ0) is 24.5. The zero-order valence-corrected chi connectivity index (χ0v) is 21.2. The summed E-state index contributed by atoms with van der Waals surface area (Å²) in [6, 6.07) is 25.4. The number of rotatable bonds is 6. The molecule has 1 N–H and O–H groups in total. The van der Waals surface area contributed by atoms with Crippen molar-refractivity contribution in [1.29, 1.82) is 0 Å². The number of likely N-dealkylation sites (tertiary alicyclic amines) is 1. The summed E-state index contributed by atoms with van der Waals surface area (Å²) in [5.41, 5.74) is 5.11. The van der Waals surface area contributed by atoms with Crippen molar-refractivity contribution >= 4 is 47.1 Å². The first-order valence-electron chi connectivity index (χ1n) is 12.7. The van der Waals surface area contributed by atoms with Crippen molar-refractivity contribution in [2.45, 2.75) is 19.4 Å². The van der Waals surface area contributed by atoms with Crippen LogP contribution in [0.3, 0.4) is 0 Å². The van der Waals surface area contributed by atoms with E-state index in [0.717, 1.165) is 54.4 Å². The molecule has 0 unspecified atom stereocenters. The van der Waals surface area contributed by atoms with Crippen LogP contribution in [0.25, 0.3) is 27.7 Å². The highest BCUT2D eigenvalue weighted by atomic mass is 35.5. The van der Waals surface area contributed by atoms with E-state index in [1.54, 1.807) is 0 Å². The Labute approximate surface area is 217 Å². The third-order valence-electron chi connectivity index (χ3n) is 7.30. The van der Waals surface area contributed by atoms with E-state index in [1.807, 2.05) is 42.8 Å². The van der Waals surface area contributed by atoms with Crippen LogP contribution in [0.5, 0.6) is 0 Å². The van der Waals surface area contributed by atoms with Crippen molar-refractivity contribution in [3.8, 4) is 11.3 Å². The van der Waals surface area contributed by atoms with Crippen LogP contribution in [0.4, 0.5) is 5.82 Å². The molecule has 0 aliphatic carbocycles. The Kier molecular flexibility index (Phi) is 6.38. The number of hydrogen-bond acceptors (Lipinski definition) is 4. The van der Waals surface area contributed by atoms with Crippen LogP contribution in [0.2, 0.25) is 5.02 Å². The number of fused-ring (bicyclic) bond motifs is 2. The lowest BCUT2D eigenvalue weighted by Crippen LogP contribution is -2.35. The van der Waals surface area contributed by atoms with Gasteiger partial charge >= 0.3 is 0 Å². The predicted octanol–water partition coefficient (Wildman–Crippen LogP) is 4.79. The first-order valence-corrected chi connectivity index (χ1v) is 13.1. The number of nitrogens with zero attached hydrogens (tertiary/aromatic N) is 4. The van der Waals surface area contributed by atoms with Crippen molar-refractivity contribution < 1.29 is 0 Å². The van der Waals surface area contributed by atoms with Gasteiger partial charge in [-0.2, -0.15) is 9.61 Å². The zero-order valence-electron chi connectivity index (χ0n) is 20.5. The summed E-state index contributed by atoms with van der Waals surface area (Å²) in [5.74, 6) is 1.59. The average molecular weight is 494 g/mol. The topological polar surface area (TPSA) is 45.5 Å². The fourth-order valence-electron chi connectivity index (χ4n) is 5.20. The normalized spacial score (nSPS) is 15.0. The molecule has 1 fully saturated rings. The molecular weight excluding hydrogens is 465 g/mol. The van der Waals surface area contributed by atoms with Gasteiger partial charge in [-0.3, -0.25) is 4.90 Å². The largest absolute Gasteiger partial charge is 0.370 e. The molecule has 0 spiro atoms. The summed E-state index contributed by atoms with van der Waals surface area (Å²) >= 11 is 6.49. The molecule has 6 rings (SSSR count). The van der Waals surface area contributed by atoms with Crippen molar-refractivity contribution in [2.75, 3.05) is 25.0 Å². The quantitative estimate of drug-likeness (QED) is 0.346. The highest BCUT2D eigenvalue weighted by molar-refractivity contribution is 6.36. The van der Waals surface area contributed by atoms with E-state index in [1.165, 1.54) is 29.2 Å². The second-order valence-corrected chi connectivity index (χ2v) is 10.3. The van der Waals surface area contributed by atoms with E-state index in [-0.39, 0.29) is 0 Å². The first-order chi connectivity index (χ1) is 17.6. The van der Waals surface area contributed by atoms with Crippen LogP contribution < -0.4 is 10.8 Å². The van der Waals surface area contributed by atoms with E-state index in [2.05, 4.69) is 63.8 Å². The van der Waals surface area contributed by atoms with Crippen molar-refractivity contribution in [1.82, 2.24) is 19.5 Å². The molecular formula is C29H29BClN5. The lowest BCUT2D eigenvalue weighted by atomic mass is 9.96. The summed E-state index contributed by atoms with van der Waals surface area (Å²) in [7, 11) is 2.04. The van der Waals surface area contributed by atoms with E-state index < -0.39 is 0 Å². The molecule has 3 aromatic carbocycles. The number of halogens is 1. The van der Waals surface area contributed by atoms with Gasteiger partial charge in [0.05, 0.1) is 5.69 Å². The number of benzene rings is 3. The van der Waals surface area contributed by atoms with Gasteiger partial charge in [-0.1, -0.05) is 66.2 Å². The van der Waals surface area contributed by atoms with Crippen LogP contribution in [-0.4, -0.2) is 47.0 Å². The van der Waals surface area contributed by atoms with Crippen LogP contribution >= 0.6 is 11.6 Å². The number of aromatic nitrogens is 3. The maximum atomic E-state index is 6.49. The van der Waals surface area contributed by atoms with Gasteiger partial charge in [0.15, 0.2) is 5.65 Å². The first kappa shape index (κ1) is 23.1. The Hall–Kier alpha value is -3.35. The Morgan fingerprint density at radius 3 is 2.56 bits per heavy atom. The summed E-state index contributed by atoms with van der Waals surface area (Å²) in [4.78, 5) is 7.44. The van der Waals surface area contributed by atoms with Crippen LogP contribution in [0, 0.1) is 5.92 Å². The third kappa shape index (κ3) is 4.71. The smallest absolute Gasteiger partial charge is 0.151 e. The second kappa shape index (κ2) is 9.96. The minimum atomic E-state index is 0.626. The Morgan fingerprint density at radius 1 is 0.944 bits per heavy atom. The van der Waals surface area contributed by atoms with Crippen molar-refractivity contribution in [3.63, 3.8) is 0 Å². The monoisotopic (exact) mass is 493 g/mol. The molecule has 5 nitrogen and oxygen atoms in total. The molecule has 2 aromatic heterocycles. The van der Waals surface area contributed by atoms with E-state index in [0.29, 0.717) is 10.9 Å². The van der Waals surface area contributed by atoms with E-state index in [9.17, 15) is 0 Å². The molecule has 3 heterocycles. The molecule has 1 saturated heterocycles. The molecule has 36 heavy (non-hydrogen) atoms. The van der Waals surface area contributed by atoms with Crippen molar-refractivity contribution in [2.24, 2.45) is 5.92 Å². The molecule has 0 atom stereocenters. The van der Waals surface area contributed by atoms with Gasteiger partial charge < -0.3 is 5.32 Å². The molecule has 0 radical (unpaired) electrons. The average Bonchev–Trinajstić information content (AvgIpc) is 3.29. The molecule has 0 bridgehead atoms. The summed E-state index contributed by atoms with van der Waals surface area (Å²) in [6.45, 7) is 4.18. The Balaban J connectivity index is 1.12. The van der Waals surface area contributed by atoms with Gasteiger partial charge in [0.25, 0.3) is 0 Å². The third-order valence-corrected chi connectivity index (χ3v) is 7.63. The Morgan fingerprint density at radius 2 is 1.72 bits per heavy atom. The second-order valence-electron chi connectivity index (χ2n) is 9.85. The lowest BCUT2D eigenvalue weighted by molar-refractivity contribution is 0.182. The highest BCUT2D eigenvalue weighted by Crippen LogP contribution is 2.29. The molecule has 5 aromatic rings. The van der Waals surface area contributed by atoms with Gasteiger partial charge in [-0.15, -0.1) is 0 Å². The van der Waals surface area contributed by atoms with Crippen LogP contribution in [-0.2, 0) is 6.54 Å². The maximum absolute atomic E-state index is 6.49. The van der Waals surface area contributed by atoms with Crippen LogP contribution in [0.1, 0.15) is 18.4 Å². The number of hydrogen-bond donors (Lipinski definition) is 1. The molecule has 1 aliphatic heterocycles. The fourth-order valence-corrected chi connectivity index (χ4v) is 5.43. The van der Waals surface area contributed by atoms with Gasteiger partial charge in [0.1, 0.15) is 13.7 Å². The molecule has 7 heteroatoms. The molecule has 0 saturated carbocycles. The van der Waals surface area contributed by atoms with Crippen molar-refractivity contribution in [3.05, 3.63) is 89.6 Å². The molecule has 0 amide bonds.